The molecule has 3 N–H and O–H groups in total. The summed E-state index contributed by atoms with van der Waals surface area (Å²) in [7, 11) is 0. The van der Waals surface area contributed by atoms with Crippen molar-refractivity contribution in [3.05, 3.63) is 30.3 Å². The molecule has 0 saturated carbocycles. The van der Waals surface area contributed by atoms with Crippen molar-refractivity contribution in [1.29, 1.82) is 5.26 Å². The zero-order valence-electron chi connectivity index (χ0n) is 10.5. The summed E-state index contributed by atoms with van der Waals surface area (Å²) in [5, 5.41) is 11.0. The van der Waals surface area contributed by atoms with Gasteiger partial charge in [0.15, 0.2) is 0 Å². The zero-order chi connectivity index (χ0) is 14.1. The van der Waals surface area contributed by atoms with Crippen LogP contribution in [0.4, 0.5) is 5.69 Å². The quantitative estimate of drug-likeness (QED) is 0.752. The van der Waals surface area contributed by atoms with E-state index in [-0.39, 0.29) is 37.9 Å². The number of nitriles is 1. The van der Waals surface area contributed by atoms with Crippen molar-refractivity contribution in [2.45, 2.75) is 6.42 Å². The van der Waals surface area contributed by atoms with Gasteiger partial charge in [0, 0.05) is 12.2 Å². The lowest BCUT2D eigenvalue weighted by Crippen LogP contribution is -2.42. The second-order valence-electron chi connectivity index (χ2n) is 3.77. The molecule has 2 amide bonds. The van der Waals surface area contributed by atoms with Crippen molar-refractivity contribution in [2.24, 2.45) is 5.73 Å². The molecule has 6 heteroatoms. The lowest BCUT2D eigenvalue weighted by atomic mass is 10.2. The SMILES string of the molecule is N#CCCN(C(=O)CNC(=O)CN)c1ccccc1. The summed E-state index contributed by atoms with van der Waals surface area (Å²) in [4.78, 5) is 24.5. The van der Waals surface area contributed by atoms with E-state index in [1.165, 1.54) is 4.90 Å². The van der Waals surface area contributed by atoms with Crippen LogP contribution in [0.2, 0.25) is 0 Å². The largest absolute Gasteiger partial charge is 0.346 e. The normalized spacial score (nSPS) is 9.47. The summed E-state index contributed by atoms with van der Waals surface area (Å²) >= 11 is 0. The summed E-state index contributed by atoms with van der Waals surface area (Å²) in [6.45, 7) is 0.00497. The van der Waals surface area contributed by atoms with Gasteiger partial charge in [-0.3, -0.25) is 9.59 Å². The van der Waals surface area contributed by atoms with Crippen LogP contribution in [-0.2, 0) is 9.59 Å². The van der Waals surface area contributed by atoms with Gasteiger partial charge in [0.2, 0.25) is 11.8 Å². The third-order valence-electron chi connectivity index (χ3n) is 2.44. The molecule has 0 fully saturated rings. The molecular weight excluding hydrogens is 244 g/mol. The monoisotopic (exact) mass is 260 g/mol. The fourth-order valence-electron chi connectivity index (χ4n) is 1.51. The number of rotatable bonds is 6. The molecule has 19 heavy (non-hydrogen) atoms. The first-order valence-corrected chi connectivity index (χ1v) is 5.88. The molecule has 0 bridgehead atoms. The molecule has 1 aromatic carbocycles. The van der Waals surface area contributed by atoms with Crippen LogP contribution >= 0.6 is 0 Å². The van der Waals surface area contributed by atoms with Gasteiger partial charge >= 0.3 is 0 Å². The predicted octanol–water partition coefficient (Wildman–Crippen LogP) is 0.00818. The second-order valence-corrected chi connectivity index (χ2v) is 3.77. The highest BCUT2D eigenvalue weighted by Crippen LogP contribution is 2.13. The number of nitrogens with zero attached hydrogens (tertiary/aromatic N) is 2. The molecule has 0 aliphatic carbocycles. The van der Waals surface area contributed by atoms with Gasteiger partial charge < -0.3 is 16.0 Å². The molecule has 0 atom stereocenters. The molecule has 0 radical (unpaired) electrons. The van der Waals surface area contributed by atoms with Crippen molar-refractivity contribution >= 4 is 17.5 Å². The van der Waals surface area contributed by atoms with E-state index in [9.17, 15) is 9.59 Å². The van der Waals surface area contributed by atoms with Crippen molar-refractivity contribution < 1.29 is 9.59 Å². The fourth-order valence-corrected chi connectivity index (χ4v) is 1.51. The Kier molecular flexibility index (Phi) is 6.06. The van der Waals surface area contributed by atoms with Crippen LogP contribution in [0.25, 0.3) is 0 Å². The standard InChI is InChI=1S/C13H16N4O2/c14-7-4-8-17(11-5-2-1-3-6-11)13(19)10-16-12(18)9-15/h1-3,5-6H,4,8-10,15H2,(H,16,18). The summed E-state index contributed by atoms with van der Waals surface area (Å²) < 4.78 is 0. The van der Waals surface area contributed by atoms with E-state index in [0.717, 1.165) is 0 Å². The Morgan fingerprint density at radius 2 is 2.00 bits per heavy atom. The summed E-state index contributed by atoms with van der Waals surface area (Å²) in [5.74, 6) is -0.662. The molecule has 0 unspecified atom stereocenters. The molecule has 0 spiro atoms. The Bertz CT molecular complexity index is 467. The Morgan fingerprint density at radius 3 is 2.58 bits per heavy atom. The lowest BCUT2D eigenvalue weighted by molar-refractivity contribution is -0.124. The minimum atomic E-state index is -0.387. The Labute approximate surface area is 111 Å². The van der Waals surface area contributed by atoms with Gasteiger partial charge in [-0.1, -0.05) is 18.2 Å². The maximum absolute atomic E-state index is 12.0. The average molecular weight is 260 g/mol. The van der Waals surface area contributed by atoms with E-state index in [1.807, 2.05) is 12.1 Å². The number of carbonyl (C=O) groups is 2. The zero-order valence-corrected chi connectivity index (χ0v) is 10.5. The van der Waals surface area contributed by atoms with Gasteiger partial charge in [0.1, 0.15) is 0 Å². The molecule has 1 rings (SSSR count). The molecular formula is C13H16N4O2. The molecule has 6 nitrogen and oxygen atoms in total. The number of anilines is 1. The highest BCUT2D eigenvalue weighted by atomic mass is 16.2. The smallest absolute Gasteiger partial charge is 0.246 e. The van der Waals surface area contributed by atoms with Gasteiger partial charge in [-0.25, -0.2) is 0 Å². The third kappa shape index (κ3) is 4.77. The van der Waals surface area contributed by atoms with Crippen LogP contribution in [0, 0.1) is 11.3 Å². The molecule has 1 aromatic rings. The van der Waals surface area contributed by atoms with Crippen LogP contribution in [-0.4, -0.2) is 31.4 Å². The van der Waals surface area contributed by atoms with E-state index in [4.69, 9.17) is 11.0 Å². The summed E-state index contributed by atoms with van der Waals surface area (Å²) in [5.41, 5.74) is 5.84. The highest BCUT2D eigenvalue weighted by molar-refractivity contribution is 5.96. The van der Waals surface area contributed by atoms with Crippen LogP contribution in [0.1, 0.15) is 6.42 Å². The highest BCUT2D eigenvalue weighted by Gasteiger charge is 2.15. The van der Waals surface area contributed by atoms with Gasteiger partial charge in [-0.15, -0.1) is 0 Å². The average Bonchev–Trinajstić information content (AvgIpc) is 2.46. The maximum Gasteiger partial charge on any atom is 0.246 e. The van der Waals surface area contributed by atoms with Gasteiger partial charge in [-0.05, 0) is 12.1 Å². The second kappa shape index (κ2) is 7.84. The first kappa shape index (κ1) is 14.7. The minimum Gasteiger partial charge on any atom is -0.346 e. The first-order valence-electron chi connectivity index (χ1n) is 5.88. The van der Waals surface area contributed by atoms with E-state index in [2.05, 4.69) is 5.32 Å². The van der Waals surface area contributed by atoms with Gasteiger partial charge in [-0.2, -0.15) is 5.26 Å². The lowest BCUT2D eigenvalue weighted by Gasteiger charge is -2.21. The van der Waals surface area contributed by atoms with Gasteiger partial charge in [0.25, 0.3) is 0 Å². The molecule has 0 aliphatic rings. The fraction of sp³-hybridized carbons (Fsp3) is 0.308. The number of benzene rings is 1. The molecule has 0 aliphatic heterocycles. The summed E-state index contributed by atoms with van der Waals surface area (Å²) in [6, 6.07) is 11.0. The third-order valence-corrected chi connectivity index (χ3v) is 2.44. The Hall–Kier alpha value is -2.39. The van der Waals surface area contributed by atoms with Crippen LogP contribution in [0.3, 0.4) is 0 Å². The van der Waals surface area contributed by atoms with E-state index in [0.29, 0.717) is 5.69 Å². The number of para-hydroxylation sites is 1. The molecule has 0 aromatic heterocycles. The number of hydrogen-bond acceptors (Lipinski definition) is 4. The number of hydrogen-bond donors (Lipinski definition) is 2. The predicted molar refractivity (Wildman–Crippen MR) is 71.1 cm³/mol. The van der Waals surface area contributed by atoms with Crippen LogP contribution in [0.15, 0.2) is 30.3 Å². The van der Waals surface area contributed by atoms with Crippen molar-refractivity contribution in [3.63, 3.8) is 0 Å². The maximum atomic E-state index is 12.0. The van der Waals surface area contributed by atoms with Crippen LogP contribution in [0.5, 0.6) is 0 Å². The minimum absolute atomic E-state index is 0.129. The Balaban J connectivity index is 2.71. The molecule has 100 valence electrons. The Morgan fingerprint density at radius 1 is 1.32 bits per heavy atom. The van der Waals surface area contributed by atoms with E-state index >= 15 is 0 Å². The van der Waals surface area contributed by atoms with E-state index < -0.39 is 0 Å². The number of nitrogens with one attached hydrogen (secondary N) is 1. The van der Waals surface area contributed by atoms with Crippen molar-refractivity contribution in [1.82, 2.24) is 5.32 Å². The molecule has 0 saturated heterocycles. The van der Waals surface area contributed by atoms with Crippen LogP contribution < -0.4 is 16.0 Å². The molecule has 0 heterocycles. The number of nitrogens with two attached hydrogens (primary N) is 1. The first-order chi connectivity index (χ1) is 9.19. The van der Waals surface area contributed by atoms with Crippen molar-refractivity contribution in [3.8, 4) is 6.07 Å². The summed E-state index contributed by atoms with van der Waals surface area (Å²) in [6.07, 6.45) is 0.228. The van der Waals surface area contributed by atoms with E-state index in [1.54, 1.807) is 24.3 Å². The number of amides is 2. The topological polar surface area (TPSA) is 99.2 Å². The number of carbonyl (C=O) groups excluding carboxylic acids is 2. The van der Waals surface area contributed by atoms with Crippen molar-refractivity contribution in [2.75, 3.05) is 24.5 Å². The van der Waals surface area contributed by atoms with Gasteiger partial charge in [0.05, 0.1) is 25.6 Å².